The Hall–Kier alpha value is -0.870. The van der Waals surface area contributed by atoms with E-state index in [1.165, 1.54) is 0 Å². The number of allylic oxidation sites excluding steroid dienone is 1. The lowest BCUT2D eigenvalue weighted by atomic mass is 10.1. The van der Waals surface area contributed by atoms with Crippen molar-refractivity contribution in [2.24, 2.45) is 5.92 Å². The molecule has 0 aliphatic carbocycles. The van der Waals surface area contributed by atoms with Crippen molar-refractivity contribution >= 4 is 5.97 Å². The topological polar surface area (TPSA) is 60.4 Å². The zero-order valence-electron chi connectivity index (χ0n) is 11.9. The molecule has 2 atom stereocenters. The lowest BCUT2D eigenvalue weighted by Gasteiger charge is -2.34. The van der Waals surface area contributed by atoms with E-state index in [2.05, 4.69) is 6.58 Å². The molecular formula is C14H27NO3. The summed E-state index contributed by atoms with van der Waals surface area (Å²) in [6, 6.07) is 0. The summed E-state index contributed by atoms with van der Waals surface area (Å²) < 4.78 is 0.498. The summed E-state index contributed by atoms with van der Waals surface area (Å²) in [6.07, 6.45) is 5.27. The van der Waals surface area contributed by atoms with Gasteiger partial charge in [-0.15, -0.1) is 6.58 Å². The van der Waals surface area contributed by atoms with Crippen LogP contribution in [0.2, 0.25) is 0 Å². The van der Waals surface area contributed by atoms with E-state index in [1.807, 2.05) is 20.2 Å². The fraction of sp³-hybridized carbons (Fsp3) is 0.786. The van der Waals surface area contributed by atoms with Crippen LogP contribution in [0.4, 0.5) is 0 Å². The highest BCUT2D eigenvalue weighted by Gasteiger charge is 2.23. The summed E-state index contributed by atoms with van der Waals surface area (Å²) >= 11 is 0. The number of aliphatic carboxylic acids is 1. The van der Waals surface area contributed by atoms with Gasteiger partial charge in [0.25, 0.3) is 0 Å². The zero-order chi connectivity index (χ0) is 14.2. The van der Waals surface area contributed by atoms with E-state index in [1.54, 1.807) is 6.92 Å². The number of hydrogen-bond acceptors (Lipinski definition) is 3. The second-order valence-electron chi connectivity index (χ2n) is 5.75. The predicted molar refractivity (Wildman–Crippen MR) is 70.7 cm³/mol. The van der Waals surface area contributed by atoms with Gasteiger partial charge in [0, 0.05) is 11.9 Å². The molecule has 0 saturated heterocycles. The second-order valence-corrected chi connectivity index (χ2v) is 5.75. The van der Waals surface area contributed by atoms with Crippen molar-refractivity contribution in [3.63, 3.8) is 0 Å². The van der Waals surface area contributed by atoms with Crippen LogP contribution in [-0.2, 0) is 4.79 Å². The van der Waals surface area contributed by atoms with Crippen molar-refractivity contribution in [3.05, 3.63) is 12.7 Å². The number of carbonyl (C=O) groups is 1. The van der Waals surface area contributed by atoms with Crippen LogP contribution in [-0.4, -0.2) is 48.8 Å². The van der Waals surface area contributed by atoms with Crippen LogP contribution in [0.25, 0.3) is 0 Å². The first-order chi connectivity index (χ1) is 8.28. The maximum absolute atomic E-state index is 10.7. The molecule has 0 rings (SSSR count). The number of aliphatic hydroxyl groups is 1. The molecule has 0 aliphatic rings. The molecule has 0 aromatic rings. The molecular weight excluding hydrogens is 230 g/mol. The lowest BCUT2D eigenvalue weighted by molar-refractivity contribution is -0.895. The Kier molecular flexibility index (Phi) is 7.87. The molecule has 0 saturated carbocycles. The molecule has 1 N–H and O–H groups in total. The molecule has 106 valence electrons. The number of hydrogen-bond donors (Lipinski definition) is 1. The van der Waals surface area contributed by atoms with Gasteiger partial charge in [-0.05, 0) is 19.3 Å². The zero-order valence-corrected chi connectivity index (χ0v) is 11.9. The fourth-order valence-corrected chi connectivity index (χ4v) is 2.22. The highest BCUT2D eigenvalue weighted by atomic mass is 16.4. The lowest BCUT2D eigenvalue weighted by Crippen LogP contribution is -2.50. The molecule has 0 spiro atoms. The van der Waals surface area contributed by atoms with E-state index in [4.69, 9.17) is 0 Å². The number of aliphatic hydroxyl groups excluding tert-OH is 1. The first kappa shape index (κ1) is 17.1. The number of unbranched alkanes of at least 4 members (excludes halogenated alkanes) is 2. The van der Waals surface area contributed by atoms with Crippen molar-refractivity contribution in [2.75, 3.05) is 27.2 Å². The van der Waals surface area contributed by atoms with E-state index in [0.717, 1.165) is 25.7 Å². The van der Waals surface area contributed by atoms with Crippen LogP contribution in [0.1, 0.15) is 32.6 Å². The summed E-state index contributed by atoms with van der Waals surface area (Å²) in [5.41, 5.74) is 0. The largest absolute Gasteiger partial charge is 0.550 e. The van der Waals surface area contributed by atoms with Gasteiger partial charge < -0.3 is 19.5 Å². The molecule has 2 unspecified atom stereocenters. The van der Waals surface area contributed by atoms with Crippen LogP contribution in [0.3, 0.4) is 0 Å². The SMILES string of the molecule is C=CCCCCC(O)C[N+](C)(C)CC(C)C(=O)[O-]. The number of carboxylic acids is 1. The molecule has 0 aliphatic heterocycles. The van der Waals surface area contributed by atoms with Gasteiger partial charge in [0.1, 0.15) is 12.6 Å². The minimum atomic E-state index is -1.03. The molecule has 0 aromatic heterocycles. The third-order valence-electron chi connectivity index (χ3n) is 3.07. The van der Waals surface area contributed by atoms with Gasteiger partial charge in [-0.25, -0.2) is 0 Å². The predicted octanol–water partition coefficient (Wildman–Crippen LogP) is 0.556. The Morgan fingerprint density at radius 3 is 2.50 bits per heavy atom. The first-order valence-electron chi connectivity index (χ1n) is 6.60. The highest BCUT2D eigenvalue weighted by molar-refractivity contribution is 5.67. The monoisotopic (exact) mass is 257 g/mol. The molecule has 0 amide bonds. The van der Waals surface area contributed by atoms with Crippen molar-refractivity contribution in [1.82, 2.24) is 0 Å². The van der Waals surface area contributed by atoms with E-state index in [9.17, 15) is 15.0 Å². The number of nitrogens with zero attached hydrogens (tertiary/aromatic N) is 1. The Morgan fingerprint density at radius 2 is 2.00 bits per heavy atom. The molecule has 18 heavy (non-hydrogen) atoms. The van der Waals surface area contributed by atoms with Crippen LogP contribution in [0, 0.1) is 5.92 Å². The first-order valence-corrected chi connectivity index (χ1v) is 6.60. The smallest absolute Gasteiger partial charge is 0.105 e. The van der Waals surface area contributed by atoms with Crippen molar-refractivity contribution < 1.29 is 19.5 Å². The Balaban J connectivity index is 3.98. The van der Waals surface area contributed by atoms with E-state index < -0.39 is 11.9 Å². The third kappa shape index (κ3) is 8.25. The van der Waals surface area contributed by atoms with Crippen LogP contribution in [0.15, 0.2) is 12.7 Å². The van der Waals surface area contributed by atoms with Gasteiger partial charge in [-0.2, -0.15) is 0 Å². The number of rotatable bonds is 10. The summed E-state index contributed by atoms with van der Waals surface area (Å²) in [7, 11) is 3.87. The Morgan fingerprint density at radius 1 is 1.39 bits per heavy atom. The maximum atomic E-state index is 10.7. The van der Waals surface area contributed by atoms with Gasteiger partial charge in [-0.3, -0.25) is 0 Å². The Labute approximate surface area is 111 Å². The van der Waals surface area contributed by atoms with Crippen LogP contribution < -0.4 is 5.11 Å². The van der Waals surface area contributed by atoms with E-state index in [-0.39, 0.29) is 6.10 Å². The number of likely N-dealkylation sites (N-methyl/N-ethyl adjacent to an activating group) is 1. The van der Waals surface area contributed by atoms with Gasteiger partial charge in [0.05, 0.1) is 20.6 Å². The molecule has 0 fully saturated rings. The molecule has 0 bridgehead atoms. The molecule has 0 heterocycles. The third-order valence-corrected chi connectivity index (χ3v) is 3.07. The number of quaternary nitrogens is 1. The van der Waals surface area contributed by atoms with Crippen molar-refractivity contribution in [1.29, 1.82) is 0 Å². The molecule has 4 heteroatoms. The standard InChI is InChI=1S/C14H27NO3/c1-5-6-7-8-9-13(16)11-15(3,4)10-12(2)14(17)18/h5,12-13,16H,1,6-11H2,2-4H3. The van der Waals surface area contributed by atoms with Gasteiger partial charge >= 0.3 is 0 Å². The summed E-state index contributed by atoms with van der Waals surface area (Å²) in [5.74, 6) is -1.52. The maximum Gasteiger partial charge on any atom is 0.105 e. The Bertz CT molecular complexity index is 264. The highest BCUT2D eigenvalue weighted by Crippen LogP contribution is 2.10. The quantitative estimate of drug-likeness (QED) is 0.353. The number of carbonyl (C=O) groups excluding carboxylic acids is 1. The van der Waals surface area contributed by atoms with Crippen molar-refractivity contribution in [2.45, 2.75) is 38.7 Å². The summed E-state index contributed by atoms with van der Waals surface area (Å²) in [6.45, 7) is 6.36. The minimum absolute atomic E-state index is 0.376. The van der Waals surface area contributed by atoms with E-state index >= 15 is 0 Å². The molecule has 0 aromatic carbocycles. The second kappa shape index (κ2) is 8.27. The van der Waals surface area contributed by atoms with Crippen LogP contribution >= 0.6 is 0 Å². The summed E-state index contributed by atoms with van der Waals surface area (Å²) in [5, 5.41) is 20.6. The van der Waals surface area contributed by atoms with Gasteiger partial charge in [0.15, 0.2) is 0 Å². The normalized spacial score (nSPS) is 15.1. The van der Waals surface area contributed by atoms with Crippen molar-refractivity contribution in [3.8, 4) is 0 Å². The van der Waals surface area contributed by atoms with Gasteiger partial charge in [-0.1, -0.05) is 19.4 Å². The number of carboxylic acid groups (broad SMARTS) is 1. The van der Waals surface area contributed by atoms with Crippen LogP contribution in [0.5, 0.6) is 0 Å². The minimum Gasteiger partial charge on any atom is -0.550 e. The molecule has 0 radical (unpaired) electrons. The summed E-state index contributed by atoms with van der Waals surface area (Å²) in [4.78, 5) is 10.7. The van der Waals surface area contributed by atoms with E-state index in [0.29, 0.717) is 17.6 Å². The van der Waals surface area contributed by atoms with Gasteiger partial charge in [0.2, 0.25) is 0 Å². The average molecular weight is 257 g/mol. The fourth-order valence-electron chi connectivity index (χ4n) is 2.22. The average Bonchev–Trinajstić information content (AvgIpc) is 2.22. The molecule has 4 nitrogen and oxygen atoms in total.